The van der Waals surface area contributed by atoms with Crippen molar-refractivity contribution < 1.29 is 44.2 Å². The number of fused-ring (bicyclic) bond motifs is 3. The van der Waals surface area contributed by atoms with Gasteiger partial charge in [0, 0.05) is 38.0 Å². The van der Waals surface area contributed by atoms with Crippen molar-refractivity contribution in [2.75, 3.05) is 46.0 Å². The van der Waals surface area contributed by atoms with Gasteiger partial charge in [-0.25, -0.2) is 0 Å². The Kier molecular flexibility index (Phi) is 13.6. The number of nitrogens with zero attached hydrogens (tertiary/aromatic N) is 1. The number of carbonyl (C=O) groups excluding carboxylic acids is 1. The molecule has 5 heterocycles. The molecule has 5 rings (SSSR count). The van der Waals surface area contributed by atoms with Crippen molar-refractivity contribution in [1.82, 2.24) is 15.5 Å². The van der Waals surface area contributed by atoms with E-state index in [4.69, 9.17) is 24.1 Å². The predicted octanol–water partition coefficient (Wildman–Crippen LogP) is 0.193. The monoisotopic (exact) mass is 629 g/mol. The highest BCUT2D eigenvalue weighted by Crippen LogP contribution is 2.36. The van der Waals surface area contributed by atoms with Crippen molar-refractivity contribution in [3.8, 4) is 0 Å². The molecule has 0 unspecified atom stereocenters. The van der Waals surface area contributed by atoms with E-state index in [1.54, 1.807) is 0 Å². The maximum absolute atomic E-state index is 13.6. The molecular weight excluding hydrogens is 578 g/mol. The molecule has 11 atom stereocenters. The van der Waals surface area contributed by atoms with E-state index in [1.165, 1.54) is 18.2 Å². The summed E-state index contributed by atoms with van der Waals surface area (Å²) in [4.78, 5) is 24.3. The minimum absolute atomic E-state index is 0.148. The number of rotatable bonds is 6. The second-order valence-electron chi connectivity index (χ2n) is 12.8. The molecule has 5 aliphatic heterocycles. The molecule has 0 saturated carbocycles. The van der Waals surface area contributed by atoms with Gasteiger partial charge in [-0.15, -0.1) is 11.8 Å². The number of aliphatic hydroxyl groups is 3. The standard InChI is InChI=1S/C29H49N3O7S.CH2O2/c1-17(2)13-18-7-10-38-26-19(14-18)15-30-22(26)28(36)31-21-6-4-3-5-20(16-32-8-11-37-12-9-32)40-29-25(35)23(33)24(34)27(21)39-29;2-1-3/h3-4,17-27,29-30,33-35H,5-16H2,1-2H3,(H,31,36);1H,(H,2,3)/t18-,19-,20+,21+,22-,23-,24+,25+,26+,27+,29+;/m0./s1. The Morgan fingerprint density at radius 3 is 2.53 bits per heavy atom. The fraction of sp³-hybridized carbons (Fsp3) is 0.867. The number of hydrogen-bond donors (Lipinski definition) is 6. The lowest BCUT2D eigenvalue weighted by Crippen LogP contribution is -2.64. The molecular formula is C30H51N3O9S. The molecule has 1 amide bonds. The largest absolute Gasteiger partial charge is 0.483 e. The van der Waals surface area contributed by atoms with Crippen LogP contribution in [-0.2, 0) is 23.8 Å². The number of nitrogens with one attached hydrogen (secondary N) is 2. The van der Waals surface area contributed by atoms with Crippen LogP contribution >= 0.6 is 11.8 Å². The number of aliphatic hydroxyl groups excluding tert-OH is 3. The smallest absolute Gasteiger partial charge is 0.290 e. The molecule has 0 aromatic heterocycles. The van der Waals surface area contributed by atoms with E-state index < -0.39 is 41.9 Å². The maximum atomic E-state index is 13.6. The molecule has 0 radical (unpaired) electrons. The molecule has 0 aliphatic carbocycles. The summed E-state index contributed by atoms with van der Waals surface area (Å²) in [5, 5.41) is 46.1. The summed E-state index contributed by atoms with van der Waals surface area (Å²) in [6.45, 7) is 9.65. The first-order chi connectivity index (χ1) is 20.7. The fourth-order valence-corrected chi connectivity index (χ4v) is 8.48. The Bertz CT molecular complexity index is 908. The first-order valence-electron chi connectivity index (χ1n) is 15.7. The Morgan fingerprint density at radius 1 is 1.09 bits per heavy atom. The van der Waals surface area contributed by atoms with Gasteiger partial charge in [0.05, 0.1) is 25.4 Å². The molecule has 13 heteroatoms. The number of ether oxygens (including phenoxy) is 3. The van der Waals surface area contributed by atoms with Crippen LogP contribution in [0.3, 0.4) is 0 Å². The van der Waals surface area contributed by atoms with Gasteiger partial charge < -0.3 is 45.3 Å². The molecule has 0 aromatic rings. The number of hydrogen-bond acceptors (Lipinski definition) is 11. The van der Waals surface area contributed by atoms with Crippen LogP contribution in [0.4, 0.5) is 0 Å². The molecule has 0 spiro atoms. The second-order valence-corrected chi connectivity index (χ2v) is 14.2. The maximum Gasteiger partial charge on any atom is 0.290 e. The molecule has 6 N–H and O–H groups in total. The number of amides is 1. The third-order valence-corrected chi connectivity index (χ3v) is 10.5. The van der Waals surface area contributed by atoms with Crippen LogP contribution in [-0.4, -0.2) is 137 Å². The number of morpholine rings is 1. The molecule has 43 heavy (non-hydrogen) atoms. The van der Waals surface area contributed by atoms with E-state index in [2.05, 4.69) is 35.5 Å². The summed E-state index contributed by atoms with van der Waals surface area (Å²) in [6, 6.07) is -1.03. The van der Waals surface area contributed by atoms with Gasteiger partial charge in [0.25, 0.3) is 6.47 Å². The first-order valence-corrected chi connectivity index (χ1v) is 16.7. The summed E-state index contributed by atoms with van der Waals surface area (Å²) < 4.78 is 18.0. The zero-order valence-corrected chi connectivity index (χ0v) is 26.1. The average molecular weight is 630 g/mol. The zero-order chi connectivity index (χ0) is 30.9. The van der Waals surface area contributed by atoms with Crippen molar-refractivity contribution in [1.29, 1.82) is 0 Å². The van der Waals surface area contributed by atoms with E-state index in [0.29, 0.717) is 44.0 Å². The van der Waals surface area contributed by atoms with Crippen LogP contribution in [0.2, 0.25) is 0 Å². The third kappa shape index (κ3) is 9.36. The van der Waals surface area contributed by atoms with Gasteiger partial charge in [0.2, 0.25) is 5.91 Å². The van der Waals surface area contributed by atoms with Gasteiger partial charge in [0.1, 0.15) is 35.9 Å². The van der Waals surface area contributed by atoms with Crippen LogP contribution in [0.15, 0.2) is 12.2 Å². The highest BCUT2D eigenvalue weighted by atomic mass is 32.2. The van der Waals surface area contributed by atoms with Gasteiger partial charge in [0.15, 0.2) is 0 Å². The number of thioether (sulfide) groups is 1. The summed E-state index contributed by atoms with van der Waals surface area (Å²) in [7, 11) is 0. The van der Waals surface area contributed by atoms with E-state index in [1.807, 2.05) is 6.08 Å². The Labute approximate surface area is 258 Å². The third-order valence-electron chi connectivity index (χ3n) is 9.13. The Hall–Kier alpha value is -1.29. The Morgan fingerprint density at radius 2 is 1.81 bits per heavy atom. The SMILES string of the molecule is CC(C)C[C@@H]1CCO[C@@H]2[C@H](CN[C@@H]2C(=O)N[C@@H]2CC=CC[C@H](CN3CCOCC3)S[C@H]3O[C@H]2[C@H](O)[C@H](O)[C@H]3O)C1.O=CO. The van der Waals surface area contributed by atoms with Gasteiger partial charge >= 0.3 is 0 Å². The first kappa shape index (κ1) is 34.6. The normalized spacial score (nSPS) is 40.5. The molecule has 246 valence electrons. The zero-order valence-electron chi connectivity index (χ0n) is 25.3. The summed E-state index contributed by atoms with van der Waals surface area (Å²) in [6.07, 6.45) is 3.72. The van der Waals surface area contributed by atoms with Gasteiger partial charge in [-0.05, 0) is 49.9 Å². The van der Waals surface area contributed by atoms with Crippen LogP contribution in [0.1, 0.15) is 46.0 Å². The van der Waals surface area contributed by atoms with Crippen LogP contribution in [0.5, 0.6) is 0 Å². The lowest BCUT2D eigenvalue weighted by Gasteiger charge is -2.45. The van der Waals surface area contributed by atoms with Crippen LogP contribution in [0.25, 0.3) is 0 Å². The molecule has 4 fully saturated rings. The van der Waals surface area contributed by atoms with Gasteiger partial charge in [-0.3, -0.25) is 14.5 Å². The fourth-order valence-electron chi connectivity index (χ4n) is 7.06. The van der Waals surface area contributed by atoms with Crippen molar-refractivity contribution >= 4 is 24.1 Å². The van der Waals surface area contributed by atoms with E-state index in [9.17, 15) is 20.1 Å². The molecule has 4 saturated heterocycles. The molecule has 5 aliphatic rings. The van der Waals surface area contributed by atoms with Gasteiger partial charge in [-0.2, -0.15) is 0 Å². The van der Waals surface area contributed by atoms with Crippen LogP contribution in [0, 0.1) is 17.8 Å². The van der Waals surface area contributed by atoms with Crippen LogP contribution < -0.4 is 10.6 Å². The summed E-state index contributed by atoms with van der Waals surface area (Å²) in [5.74, 6) is 1.38. The quantitative estimate of drug-likeness (QED) is 0.175. The minimum atomic E-state index is -1.36. The highest BCUT2D eigenvalue weighted by Gasteiger charge is 2.49. The average Bonchev–Trinajstić information content (AvgIpc) is 3.27. The molecule has 0 aromatic carbocycles. The number of carbonyl (C=O) groups is 2. The number of allylic oxidation sites excluding steroid dienone is 1. The van der Waals surface area contributed by atoms with Crippen molar-refractivity contribution in [2.24, 2.45) is 17.8 Å². The lowest BCUT2D eigenvalue weighted by atomic mass is 9.85. The summed E-state index contributed by atoms with van der Waals surface area (Å²) in [5.41, 5.74) is -0.711. The molecule has 12 nitrogen and oxygen atoms in total. The van der Waals surface area contributed by atoms with Crippen molar-refractivity contribution in [3.05, 3.63) is 12.2 Å². The van der Waals surface area contributed by atoms with E-state index in [-0.39, 0.29) is 23.7 Å². The van der Waals surface area contributed by atoms with Gasteiger partial charge in [-0.1, -0.05) is 26.0 Å². The topological polar surface area (TPSA) is 170 Å². The van der Waals surface area contributed by atoms with Crippen molar-refractivity contribution in [3.63, 3.8) is 0 Å². The molecule has 2 bridgehead atoms. The Balaban J connectivity index is 0.00000135. The lowest BCUT2D eigenvalue weighted by molar-refractivity contribution is -0.205. The summed E-state index contributed by atoms with van der Waals surface area (Å²) >= 11 is 1.50. The predicted molar refractivity (Wildman–Crippen MR) is 162 cm³/mol. The minimum Gasteiger partial charge on any atom is -0.483 e. The van der Waals surface area contributed by atoms with E-state index >= 15 is 0 Å². The number of carboxylic acid groups (broad SMARTS) is 1. The highest BCUT2D eigenvalue weighted by molar-refractivity contribution is 8.00. The van der Waals surface area contributed by atoms with E-state index in [0.717, 1.165) is 45.4 Å². The second kappa shape index (κ2) is 16.9. The van der Waals surface area contributed by atoms with Crippen molar-refractivity contribution in [2.45, 2.75) is 99.2 Å².